The Labute approximate surface area is 116 Å². The van der Waals surface area contributed by atoms with Crippen molar-refractivity contribution in [2.24, 2.45) is 5.92 Å². The number of hydrogen-bond donors (Lipinski definition) is 0. The van der Waals surface area contributed by atoms with Crippen LogP contribution in [-0.2, 0) is 14.3 Å². The third kappa shape index (κ3) is 2.58. The van der Waals surface area contributed by atoms with E-state index in [4.69, 9.17) is 9.47 Å². The molecule has 0 spiro atoms. The van der Waals surface area contributed by atoms with Gasteiger partial charge in [-0.15, -0.1) is 0 Å². The lowest BCUT2D eigenvalue weighted by molar-refractivity contribution is -0.119. The second-order valence-corrected chi connectivity index (χ2v) is 4.88. The molecule has 5 heteroatoms. The number of hydrogen-bond acceptors (Lipinski definition) is 4. The van der Waals surface area contributed by atoms with Gasteiger partial charge in [-0.1, -0.05) is 0 Å². The summed E-state index contributed by atoms with van der Waals surface area (Å²) >= 11 is 0. The number of nitrogens with zero attached hydrogens (tertiary/aromatic N) is 1. The lowest BCUT2D eigenvalue weighted by Crippen LogP contribution is -2.29. The number of ether oxygens (including phenoxy) is 2. The molecule has 0 bridgehead atoms. The fraction of sp³-hybridized carbons (Fsp3) is 0.333. The van der Waals surface area contributed by atoms with Gasteiger partial charge in [-0.25, -0.2) is 4.90 Å². The van der Waals surface area contributed by atoms with E-state index < -0.39 is 0 Å². The van der Waals surface area contributed by atoms with Gasteiger partial charge >= 0.3 is 0 Å². The number of carbonyl (C=O) groups is 2. The third-order valence-corrected chi connectivity index (χ3v) is 3.41. The molecule has 0 saturated carbocycles. The first-order valence-electron chi connectivity index (χ1n) is 6.61. The molecule has 0 aromatic heterocycles. The van der Waals surface area contributed by atoms with Crippen LogP contribution < -0.4 is 9.64 Å². The Hall–Kier alpha value is -2.14. The molecule has 3 rings (SSSR count). The number of anilines is 1. The minimum absolute atomic E-state index is 0.311. The molecule has 1 fully saturated rings. The Morgan fingerprint density at radius 3 is 2.30 bits per heavy atom. The number of carbonyl (C=O) groups excluding carboxylic acids is 2. The summed E-state index contributed by atoms with van der Waals surface area (Å²) in [6.45, 7) is 2.31. The number of imide groups is 1. The molecule has 104 valence electrons. The van der Waals surface area contributed by atoms with Gasteiger partial charge in [-0.05, 0) is 30.7 Å². The van der Waals surface area contributed by atoms with Crippen molar-refractivity contribution < 1.29 is 19.1 Å². The lowest BCUT2D eigenvalue weighted by Gasteiger charge is -2.25. The molecule has 1 aromatic carbocycles. The average Bonchev–Trinajstić information content (AvgIpc) is 2.73. The molecule has 2 aliphatic heterocycles. The molecule has 0 aliphatic carbocycles. The molecule has 1 aromatic rings. The van der Waals surface area contributed by atoms with E-state index in [1.807, 2.05) is 0 Å². The highest BCUT2D eigenvalue weighted by Gasteiger charge is 2.24. The van der Waals surface area contributed by atoms with Crippen LogP contribution in [0.25, 0.3) is 0 Å². The van der Waals surface area contributed by atoms with Crippen LogP contribution in [0, 0.1) is 5.92 Å². The van der Waals surface area contributed by atoms with Crippen molar-refractivity contribution in [2.45, 2.75) is 6.42 Å². The van der Waals surface area contributed by atoms with Crippen LogP contribution in [0.15, 0.2) is 36.4 Å². The lowest BCUT2D eigenvalue weighted by atomic mass is 10.1. The van der Waals surface area contributed by atoms with Crippen molar-refractivity contribution in [1.82, 2.24) is 0 Å². The fourth-order valence-electron chi connectivity index (χ4n) is 2.14. The first-order chi connectivity index (χ1) is 9.74. The molecule has 0 unspecified atom stereocenters. The minimum atomic E-state index is -0.311. The quantitative estimate of drug-likeness (QED) is 0.763. The van der Waals surface area contributed by atoms with Gasteiger partial charge in [0.1, 0.15) is 5.75 Å². The van der Waals surface area contributed by atoms with Crippen LogP contribution in [-0.4, -0.2) is 31.6 Å². The van der Waals surface area contributed by atoms with E-state index in [9.17, 15) is 9.59 Å². The van der Waals surface area contributed by atoms with Crippen LogP contribution in [0.4, 0.5) is 5.69 Å². The predicted octanol–water partition coefficient (Wildman–Crippen LogP) is 1.53. The van der Waals surface area contributed by atoms with Crippen molar-refractivity contribution in [1.29, 1.82) is 0 Å². The topological polar surface area (TPSA) is 55.8 Å². The Morgan fingerprint density at radius 2 is 1.75 bits per heavy atom. The normalized spacial score (nSPS) is 18.5. The standard InChI is InChI=1S/C15H15NO4/c17-14-5-6-15(18)16(14)12-1-3-13(4-2-12)20-8-7-11-9-19-10-11/h1-6,11H,7-10H2. The molecule has 0 radical (unpaired) electrons. The average molecular weight is 273 g/mol. The van der Waals surface area contributed by atoms with Crippen LogP contribution in [0.2, 0.25) is 0 Å². The second-order valence-electron chi connectivity index (χ2n) is 4.88. The minimum Gasteiger partial charge on any atom is -0.494 e. The summed E-state index contributed by atoms with van der Waals surface area (Å²) in [5, 5.41) is 0. The van der Waals surface area contributed by atoms with Crippen molar-refractivity contribution in [3.05, 3.63) is 36.4 Å². The van der Waals surface area contributed by atoms with Gasteiger partial charge in [0, 0.05) is 18.1 Å². The van der Waals surface area contributed by atoms with E-state index >= 15 is 0 Å². The first kappa shape index (κ1) is 12.9. The molecule has 2 heterocycles. The molecule has 20 heavy (non-hydrogen) atoms. The Kier molecular flexibility index (Phi) is 3.52. The van der Waals surface area contributed by atoms with Gasteiger partial charge in [0.25, 0.3) is 11.8 Å². The van der Waals surface area contributed by atoms with Gasteiger partial charge in [-0.2, -0.15) is 0 Å². The largest absolute Gasteiger partial charge is 0.494 e. The third-order valence-electron chi connectivity index (χ3n) is 3.41. The zero-order valence-corrected chi connectivity index (χ0v) is 11.0. The number of amides is 2. The van der Waals surface area contributed by atoms with Crippen LogP contribution >= 0.6 is 0 Å². The molecule has 2 amide bonds. The van der Waals surface area contributed by atoms with Crippen LogP contribution in [0.1, 0.15) is 6.42 Å². The number of benzene rings is 1. The fourth-order valence-corrected chi connectivity index (χ4v) is 2.14. The summed E-state index contributed by atoms with van der Waals surface area (Å²) in [4.78, 5) is 24.2. The predicted molar refractivity (Wildman–Crippen MR) is 72.5 cm³/mol. The molecule has 2 aliphatic rings. The molecule has 0 atom stereocenters. The van der Waals surface area contributed by atoms with Crippen molar-refractivity contribution in [3.8, 4) is 5.75 Å². The highest BCUT2D eigenvalue weighted by atomic mass is 16.5. The van der Waals surface area contributed by atoms with Gasteiger partial charge in [0.05, 0.1) is 25.5 Å². The summed E-state index contributed by atoms with van der Waals surface area (Å²) in [5.74, 6) is 0.725. The van der Waals surface area contributed by atoms with Gasteiger partial charge in [0.2, 0.25) is 0 Å². The molecular weight excluding hydrogens is 258 g/mol. The number of rotatable bonds is 5. The summed E-state index contributed by atoms with van der Waals surface area (Å²) in [6.07, 6.45) is 3.52. The maximum Gasteiger partial charge on any atom is 0.258 e. The van der Waals surface area contributed by atoms with E-state index in [1.165, 1.54) is 12.2 Å². The van der Waals surface area contributed by atoms with Gasteiger partial charge < -0.3 is 9.47 Å². The highest BCUT2D eigenvalue weighted by Crippen LogP contribution is 2.23. The zero-order chi connectivity index (χ0) is 13.9. The summed E-state index contributed by atoms with van der Waals surface area (Å²) in [7, 11) is 0. The molecular formula is C15H15NO4. The maximum absolute atomic E-state index is 11.5. The summed E-state index contributed by atoms with van der Waals surface area (Å²) < 4.78 is 10.7. The van der Waals surface area contributed by atoms with E-state index in [0.717, 1.165) is 30.3 Å². The monoisotopic (exact) mass is 273 g/mol. The zero-order valence-electron chi connectivity index (χ0n) is 11.0. The van der Waals surface area contributed by atoms with E-state index in [-0.39, 0.29) is 11.8 Å². The maximum atomic E-state index is 11.5. The highest BCUT2D eigenvalue weighted by molar-refractivity contribution is 6.28. The first-order valence-corrected chi connectivity index (χ1v) is 6.61. The smallest absolute Gasteiger partial charge is 0.258 e. The van der Waals surface area contributed by atoms with Gasteiger partial charge in [0.15, 0.2) is 0 Å². The van der Waals surface area contributed by atoms with Crippen LogP contribution in [0.5, 0.6) is 5.75 Å². The molecule has 0 N–H and O–H groups in total. The SMILES string of the molecule is O=C1C=CC(=O)N1c1ccc(OCCC2COC2)cc1. The molecule has 5 nitrogen and oxygen atoms in total. The van der Waals surface area contributed by atoms with E-state index in [2.05, 4.69) is 0 Å². The Balaban J connectivity index is 1.56. The van der Waals surface area contributed by atoms with Gasteiger partial charge in [-0.3, -0.25) is 9.59 Å². The van der Waals surface area contributed by atoms with Crippen molar-refractivity contribution in [3.63, 3.8) is 0 Å². The Bertz CT molecular complexity index is 527. The molecule has 1 saturated heterocycles. The summed E-state index contributed by atoms with van der Waals surface area (Å²) in [6, 6.07) is 6.96. The van der Waals surface area contributed by atoms with E-state index in [1.54, 1.807) is 24.3 Å². The van der Waals surface area contributed by atoms with Crippen LogP contribution in [0.3, 0.4) is 0 Å². The second kappa shape index (κ2) is 5.46. The Morgan fingerprint density at radius 1 is 1.10 bits per heavy atom. The van der Waals surface area contributed by atoms with Crippen molar-refractivity contribution in [2.75, 3.05) is 24.7 Å². The summed E-state index contributed by atoms with van der Waals surface area (Å²) in [5.41, 5.74) is 0.560. The van der Waals surface area contributed by atoms with E-state index in [0.29, 0.717) is 18.2 Å². The van der Waals surface area contributed by atoms with Crippen molar-refractivity contribution >= 4 is 17.5 Å².